The van der Waals surface area contributed by atoms with E-state index < -0.39 is 0 Å². The van der Waals surface area contributed by atoms with Gasteiger partial charge in [-0.15, -0.1) is 0 Å². The molecule has 0 radical (unpaired) electrons. The number of hydrogen-bond acceptors (Lipinski definition) is 4. The Bertz CT molecular complexity index is 1060. The summed E-state index contributed by atoms with van der Waals surface area (Å²) in [7, 11) is 0. The fourth-order valence-corrected chi connectivity index (χ4v) is 4.92. The van der Waals surface area contributed by atoms with Crippen LogP contribution in [-0.4, -0.2) is 45.0 Å². The van der Waals surface area contributed by atoms with Crippen LogP contribution in [0, 0.1) is 5.92 Å². The number of nitrogens with zero attached hydrogens (tertiary/aromatic N) is 4. The summed E-state index contributed by atoms with van der Waals surface area (Å²) in [6, 6.07) is 13.7. The van der Waals surface area contributed by atoms with E-state index in [0.29, 0.717) is 16.9 Å². The first-order valence-corrected chi connectivity index (χ1v) is 11.7. The van der Waals surface area contributed by atoms with Crippen molar-refractivity contribution < 1.29 is 4.79 Å². The van der Waals surface area contributed by atoms with Crippen LogP contribution < -0.4 is 5.32 Å². The van der Waals surface area contributed by atoms with Crippen molar-refractivity contribution in [2.24, 2.45) is 5.92 Å². The molecule has 1 aliphatic carbocycles. The Balaban J connectivity index is 1.17. The van der Waals surface area contributed by atoms with E-state index in [1.165, 1.54) is 5.69 Å². The molecule has 5 rings (SSSR count). The third-order valence-electron chi connectivity index (χ3n) is 6.72. The molecule has 32 heavy (non-hydrogen) atoms. The Morgan fingerprint density at radius 3 is 2.66 bits per heavy atom. The van der Waals surface area contributed by atoms with Gasteiger partial charge in [0.2, 0.25) is 11.9 Å². The number of benzene rings is 1. The second-order valence-electron chi connectivity index (χ2n) is 8.96. The third kappa shape index (κ3) is 4.43. The molecule has 0 bridgehead atoms. The van der Waals surface area contributed by atoms with Crippen molar-refractivity contribution in [3.63, 3.8) is 0 Å². The van der Waals surface area contributed by atoms with Crippen molar-refractivity contribution in [1.82, 2.24) is 24.8 Å². The van der Waals surface area contributed by atoms with Crippen molar-refractivity contribution >= 4 is 17.5 Å². The maximum atomic E-state index is 13.0. The minimum Gasteiger partial charge on any atom is -0.355 e. The molecule has 6 nitrogen and oxygen atoms in total. The van der Waals surface area contributed by atoms with Crippen LogP contribution in [-0.2, 0) is 16.8 Å². The molecule has 0 spiro atoms. The number of rotatable bonds is 7. The molecule has 1 unspecified atom stereocenters. The van der Waals surface area contributed by atoms with Crippen molar-refractivity contribution in [1.29, 1.82) is 0 Å². The summed E-state index contributed by atoms with van der Waals surface area (Å²) < 4.78 is 2.05. The van der Waals surface area contributed by atoms with Gasteiger partial charge in [-0.3, -0.25) is 14.3 Å². The first kappa shape index (κ1) is 21.2. The second-order valence-corrected chi connectivity index (χ2v) is 9.40. The summed E-state index contributed by atoms with van der Waals surface area (Å²) in [6.45, 7) is 3.63. The fourth-order valence-electron chi connectivity index (χ4n) is 4.79. The van der Waals surface area contributed by atoms with Gasteiger partial charge < -0.3 is 5.32 Å². The van der Waals surface area contributed by atoms with Crippen LogP contribution in [0.2, 0.25) is 5.02 Å². The lowest BCUT2D eigenvalue weighted by Crippen LogP contribution is -2.43. The van der Waals surface area contributed by atoms with Gasteiger partial charge in [0.1, 0.15) is 0 Å². The van der Waals surface area contributed by atoms with E-state index in [0.717, 1.165) is 57.4 Å². The standard InChI is InChI=1S/C25H28ClN5O/c26-21-8-6-20(7-9-21)25(10-11-25)23(32)29-16-19-4-1-14-30(17-19)18-22-5-2-15-31(22)24-27-12-3-13-28-24/h2-3,5-9,12-13,15,19H,1,4,10-11,14,16-18H2,(H,29,32). The molecule has 2 fully saturated rings. The molecular formula is C25H28ClN5O. The average Bonchev–Trinajstić information content (AvgIpc) is 3.51. The number of carbonyl (C=O) groups is 1. The van der Waals surface area contributed by atoms with Crippen LogP contribution in [0.3, 0.4) is 0 Å². The van der Waals surface area contributed by atoms with Crippen molar-refractivity contribution in [2.75, 3.05) is 19.6 Å². The molecule has 1 saturated heterocycles. The van der Waals surface area contributed by atoms with Gasteiger partial charge >= 0.3 is 0 Å². The fraction of sp³-hybridized carbons (Fsp3) is 0.400. The van der Waals surface area contributed by atoms with E-state index in [-0.39, 0.29) is 11.3 Å². The van der Waals surface area contributed by atoms with E-state index in [2.05, 4.69) is 26.3 Å². The van der Waals surface area contributed by atoms with E-state index >= 15 is 0 Å². The lowest BCUT2D eigenvalue weighted by molar-refractivity contribution is -0.123. The van der Waals surface area contributed by atoms with Crippen LogP contribution in [0.4, 0.5) is 0 Å². The zero-order valence-electron chi connectivity index (χ0n) is 18.1. The summed E-state index contributed by atoms with van der Waals surface area (Å²) in [4.78, 5) is 24.2. The second kappa shape index (κ2) is 9.04. The molecule has 2 aromatic heterocycles. The molecule has 1 atom stereocenters. The Kier molecular flexibility index (Phi) is 5.98. The molecule has 1 saturated carbocycles. The predicted molar refractivity (Wildman–Crippen MR) is 125 cm³/mol. The normalized spacial score (nSPS) is 20.1. The van der Waals surface area contributed by atoms with Gasteiger partial charge in [0.25, 0.3) is 0 Å². The maximum Gasteiger partial charge on any atom is 0.233 e. The minimum atomic E-state index is -0.352. The summed E-state index contributed by atoms with van der Waals surface area (Å²) in [5.41, 5.74) is 1.91. The zero-order valence-corrected chi connectivity index (χ0v) is 18.8. The number of hydrogen-bond donors (Lipinski definition) is 1. The monoisotopic (exact) mass is 449 g/mol. The van der Waals surface area contributed by atoms with Gasteiger partial charge in [-0.1, -0.05) is 23.7 Å². The molecule has 1 N–H and O–H groups in total. The zero-order chi connectivity index (χ0) is 22.0. The number of aromatic nitrogens is 3. The molecular weight excluding hydrogens is 422 g/mol. The molecule has 166 valence electrons. The van der Waals surface area contributed by atoms with Gasteiger partial charge in [-0.05, 0) is 74.0 Å². The Morgan fingerprint density at radius 2 is 1.91 bits per heavy atom. The predicted octanol–water partition coefficient (Wildman–Crippen LogP) is 3.98. The smallest absolute Gasteiger partial charge is 0.233 e. The lowest BCUT2D eigenvalue weighted by Gasteiger charge is -2.33. The summed E-state index contributed by atoms with van der Waals surface area (Å²) in [6.07, 6.45) is 9.66. The van der Waals surface area contributed by atoms with Crippen LogP contribution in [0.1, 0.15) is 36.9 Å². The minimum absolute atomic E-state index is 0.159. The quantitative estimate of drug-likeness (QED) is 0.592. The number of likely N-dealkylation sites (tertiary alicyclic amines) is 1. The molecule has 1 aliphatic heterocycles. The number of amides is 1. The number of nitrogens with one attached hydrogen (secondary N) is 1. The third-order valence-corrected chi connectivity index (χ3v) is 6.97. The van der Waals surface area contributed by atoms with Crippen LogP contribution in [0.25, 0.3) is 5.95 Å². The summed E-state index contributed by atoms with van der Waals surface area (Å²) >= 11 is 6.02. The van der Waals surface area contributed by atoms with Crippen molar-refractivity contribution in [3.05, 3.63) is 77.3 Å². The highest BCUT2D eigenvalue weighted by molar-refractivity contribution is 6.30. The Morgan fingerprint density at radius 1 is 1.12 bits per heavy atom. The highest BCUT2D eigenvalue weighted by atomic mass is 35.5. The summed E-state index contributed by atoms with van der Waals surface area (Å²) in [5, 5.41) is 3.97. The SMILES string of the molecule is O=C(NCC1CCCN(Cc2cccn2-c2ncccn2)C1)C1(c2ccc(Cl)cc2)CC1. The Labute approximate surface area is 193 Å². The topological polar surface area (TPSA) is 63.1 Å². The van der Waals surface area contributed by atoms with E-state index in [9.17, 15) is 4.79 Å². The highest BCUT2D eigenvalue weighted by Crippen LogP contribution is 2.48. The van der Waals surface area contributed by atoms with E-state index in [4.69, 9.17) is 11.6 Å². The first-order valence-electron chi connectivity index (χ1n) is 11.3. The molecule has 1 aromatic carbocycles. The molecule has 3 aromatic rings. The first-order chi connectivity index (χ1) is 15.6. The van der Waals surface area contributed by atoms with Crippen LogP contribution in [0.5, 0.6) is 0 Å². The van der Waals surface area contributed by atoms with E-state index in [1.807, 2.05) is 47.2 Å². The van der Waals surface area contributed by atoms with Gasteiger partial charge in [-0.25, -0.2) is 9.97 Å². The summed E-state index contributed by atoms with van der Waals surface area (Å²) in [5.74, 6) is 1.32. The molecule has 1 amide bonds. The van der Waals surface area contributed by atoms with E-state index in [1.54, 1.807) is 12.4 Å². The largest absolute Gasteiger partial charge is 0.355 e. The van der Waals surface area contributed by atoms with Crippen molar-refractivity contribution in [3.8, 4) is 5.95 Å². The number of piperidine rings is 1. The van der Waals surface area contributed by atoms with Gasteiger partial charge in [0.15, 0.2) is 0 Å². The van der Waals surface area contributed by atoms with Crippen LogP contribution >= 0.6 is 11.6 Å². The number of carbonyl (C=O) groups excluding carboxylic acids is 1. The molecule has 7 heteroatoms. The Hall–Kier alpha value is -2.70. The average molecular weight is 450 g/mol. The van der Waals surface area contributed by atoms with Crippen molar-refractivity contribution in [2.45, 2.75) is 37.6 Å². The van der Waals surface area contributed by atoms with Gasteiger partial charge in [0.05, 0.1) is 5.41 Å². The number of halogens is 1. The lowest BCUT2D eigenvalue weighted by atomic mass is 9.93. The maximum absolute atomic E-state index is 13.0. The highest BCUT2D eigenvalue weighted by Gasteiger charge is 2.51. The molecule has 3 heterocycles. The van der Waals surface area contributed by atoms with Crippen LogP contribution in [0.15, 0.2) is 61.1 Å². The van der Waals surface area contributed by atoms with Gasteiger partial charge in [0, 0.05) is 48.9 Å². The van der Waals surface area contributed by atoms with Gasteiger partial charge in [-0.2, -0.15) is 0 Å². The molecule has 2 aliphatic rings.